The lowest BCUT2D eigenvalue weighted by molar-refractivity contribution is 0.00578. The summed E-state index contributed by atoms with van der Waals surface area (Å²) in [6.07, 6.45) is 13.9. The number of rotatable bonds is 7. The molecule has 4 heteroatoms. The molecule has 3 nitrogen and oxygen atoms in total. The van der Waals surface area contributed by atoms with E-state index in [0.717, 1.165) is 44.0 Å². The van der Waals surface area contributed by atoms with Gasteiger partial charge in [-0.1, -0.05) is 75.1 Å². The minimum atomic E-state index is -0.644. The van der Waals surface area contributed by atoms with Crippen molar-refractivity contribution >= 4 is 12.6 Å². The van der Waals surface area contributed by atoms with Gasteiger partial charge in [-0.15, -0.1) is 0 Å². The third-order valence-corrected chi connectivity index (χ3v) is 9.41. The summed E-state index contributed by atoms with van der Waals surface area (Å²) in [5.41, 5.74) is 6.31. The second kappa shape index (κ2) is 9.36. The molecule has 190 valence electrons. The van der Waals surface area contributed by atoms with Crippen LogP contribution in [0.3, 0.4) is 0 Å². The Morgan fingerprint density at radius 3 is 2.09 bits per heavy atom. The number of allylic oxidation sites excluding steroid dienone is 5. The van der Waals surface area contributed by atoms with Gasteiger partial charge in [-0.3, -0.25) is 0 Å². The summed E-state index contributed by atoms with van der Waals surface area (Å²) in [7, 11) is -0.341. The number of hydrogen-bond donors (Lipinski definition) is 1. The second-order valence-corrected chi connectivity index (χ2v) is 12.1. The average molecular weight is 477 g/mol. The first kappa shape index (κ1) is 26.4. The van der Waals surface area contributed by atoms with Crippen LogP contribution in [0.1, 0.15) is 105 Å². The van der Waals surface area contributed by atoms with E-state index < -0.39 is 5.60 Å². The van der Waals surface area contributed by atoms with Crippen molar-refractivity contribution in [1.29, 1.82) is 0 Å². The summed E-state index contributed by atoms with van der Waals surface area (Å²) in [6, 6.07) is 6.84. The van der Waals surface area contributed by atoms with Crippen LogP contribution in [0, 0.1) is 6.92 Å². The first-order chi connectivity index (χ1) is 16.4. The van der Waals surface area contributed by atoms with Gasteiger partial charge in [-0.05, 0) is 95.0 Å². The van der Waals surface area contributed by atoms with Crippen molar-refractivity contribution in [2.24, 2.45) is 0 Å². The molecule has 1 aliphatic heterocycles. The van der Waals surface area contributed by atoms with E-state index in [-0.39, 0.29) is 23.7 Å². The lowest BCUT2D eigenvalue weighted by Gasteiger charge is -2.41. The lowest BCUT2D eigenvalue weighted by Crippen LogP contribution is -2.41. The van der Waals surface area contributed by atoms with Crippen LogP contribution in [0.25, 0.3) is 0 Å². The van der Waals surface area contributed by atoms with Gasteiger partial charge in [0.15, 0.2) is 0 Å². The standard InChI is InChI=1S/C31H45BO3/c1-9-31(10-2,26-21-22(3)25(26)16-19-30(33)17-12-11-13-18-30)24-14-15-27(23(4)20-24)32-34-28(5,6)29(7,8)35-32/h14-16,19-21,33H,9-13,17-18H2,1-8H3/b19-16+. The maximum Gasteiger partial charge on any atom is 0.495 e. The average Bonchev–Trinajstić information content (AvgIpc) is 3.01. The molecule has 1 aromatic rings. The SMILES string of the molecule is CCC(CC)(C1=CC(C)=C1/C=C/C1(O)CCCCC1)c1ccc(B2OC(C)(C)C(C)(C)O2)c(C)c1. The van der Waals surface area contributed by atoms with Crippen LogP contribution < -0.4 is 5.46 Å². The first-order valence-corrected chi connectivity index (χ1v) is 13.7. The van der Waals surface area contributed by atoms with E-state index >= 15 is 0 Å². The number of aryl methyl sites for hydroxylation is 1. The second-order valence-electron chi connectivity index (χ2n) is 12.1. The molecule has 1 aromatic carbocycles. The first-order valence-electron chi connectivity index (χ1n) is 13.7. The Balaban J connectivity index is 1.62. The Bertz CT molecular complexity index is 1030. The Morgan fingerprint density at radius 1 is 0.971 bits per heavy atom. The lowest BCUT2D eigenvalue weighted by atomic mass is 9.62. The van der Waals surface area contributed by atoms with Crippen molar-refractivity contribution in [1.82, 2.24) is 0 Å². The van der Waals surface area contributed by atoms with Gasteiger partial charge in [0.05, 0.1) is 16.8 Å². The summed E-state index contributed by atoms with van der Waals surface area (Å²) in [5, 5.41) is 11.0. The topological polar surface area (TPSA) is 38.7 Å². The number of aliphatic hydroxyl groups is 1. The molecule has 4 rings (SSSR count). The fraction of sp³-hybridized carbons (Fsp3) is 0.613. The number of benzene rings is 1. The minimum absolute atomic E-state index is 0.0480. The molecule has 2 aliphatic carbocycles. The molecule has 0 amide bonds. The molecule has 0 unspecified atom stereocenters. The zero-order valence-corrected chi connectivity index (χ0v) is 23.3. The molecule has 1 saturated heterocycles. The van der Waals surface area contributed by atoms with Gasteiger partial charge in [0.25, 0.3) is 0 Å². The van der Waals surface area contributed by atoms with Gasteiger partial charge in [0, 0.05) is 5.41 Å². The largest absolute Gasteiger partial charge is 0.495 e. The maximum atomic E-state index is 11.0. The van der Waals surface area contributed by atoms with E-state index in [9.17, 15) is 5.11 Å². The van der Waals surface area contributed by atoms with Crippen molar-refractivity contribution in [2.75, 3.05) is 0 Å². The third-order valence-electron chi connectivity index (χ3n) is 9.41. The van der Waals surface area contributed by atoms with Crippen LogP contribution in [0.15, 0.2) is 53.1 Å². The molecule has 1 N–H and O–H groups in total. The molecular formula is C31H45BO3. The van der Waals surface area contributed by atoms with Crippen molar-refractivity contribution in [3.63, 3.8) is 0 Å². The van der Waals surface area contributed by atoms with Crippen LogP contribution in [-0.2, 0) is 14.7 Å². The van der Waals surface area contributed by atoms with Gasteiger partial charge < -0.3 is 14.4 Å². The molecule has 1 heterocycles. The van der Waals surface area contributed by atoms with E-state index in [1.165, 1.54) is 34.3 Å². The maximum absolute atomic E-state index is 11.0. The summed E-state index contributed by atoms with van der Waals surface area (Å²) in [5.74, 6) is 0. The van der Waals surface area contributed by atoms with E-state index in [4.69, 9.17) is 9.31 Å². The van der Waals surface area contributed by atoms with E-state index in [1.807, 2.05) is 0 Å². The van der Waals surface area contributed by atoms with Gasteiger partial charge in [-0.2, -0.15) is 0 Å². The van der Waals surface area contributed by atoms with Crippen molar-refractivity contribution < 1.29 is 14.4 Å². The summed E-state index contributed by atoms with van der Waals surface area (Å²) in [6.45, 7) is 17.4. The fourth-order valence-electron chi connectivity index (χ4n) is 6.10. The normalized spacial score (nSPS) is 23.6. The Labute approximate surface area is 213 Å². The van der Waals surface area contributed by atoms with E-state index in [2.05, 4.69) is 91.8 Å². The van der Waals surface area contributed by atoms with Crippen molar-refractivity contribution in [3.05, 3.63) is 64.3 Å². The number of hydrogen-bond acceptors (Lipinski definition) is 3. The molecule has 3 aliphatic rings. The Hall–Kier alpha value is -1.62. The van der Waals surface area contributed by atoms with Crippen LogP contribution in [0.4, 0.5) is 0 Å². The third kappa shape index (κ3) is 4.63. The van der Waals surface area contributed by atoms with E-state index in [0.29, 0.717) is 0 Å². The minimum Gasteiger partial charge on any atom is -0.399 e. The summed E-state index contributed by atoms with van der Waals surface area (Å²) in [4.78, 5) is 0. The van der Waals surface area contributed by atoms with Crippen LogP contribution in [-0.4, -0.2) is 29.0 Å². The highest BCUT2D eigenvalue weighted by molar-refractivity contribution is 6.62. The van der Waals surface area contributed by atoms with Gasteiger partial charge >= 0.3 is 7.12 Å². The highest BCUT2D eigenvalue weighted by atomic mass is 16.7. The molecule has 0 bridgehead atoms. The molecule has 0 spiro atoms. The van der Waals surface area contributed by atoms with E-state index in [1.54, 1.807) is 0 Å². The van der Waals surface area contributed by atoms with Gasteiger partial charge in [-0.25, -0.2) is 0 Å². The molecule has 1 saturated carbocycles. The highest BCUT2D eigenvalue weighted by Gasteiger charge is 2.52. The van der Waals surface area contributed by atoms with Crippen LogP contribution in [0.2, 0.25) is 0 Å². The summed E-state index contributed by atoms with van der Waals surface area (Å²) < 4.78 is 12.7. The smallest absolute Gasteiger partial charge is 0.399 e. The Morgan fingerprint density at radius 2 is 1.57 bits per heavy atom. The Kier molecular flexibility index (Phi) is 7.07. The van der Waals surface area contributed by atoms with Crippen LogP contribution >= 0.6 is 0 Å². The summed E-state index contributed by atoms with van der Waals surface area (Å²) >= 11 is 0. The quantitative estimate of drug-likeness (QED) is 0.437. The zero-order chi connectivity index (χ0) is 25.6. The van der Waals surface area contributed by atoms with Gasteiger partial charge in [0.1, 0.15) is 0 Å². The van der Waals surface area contributed by atoms with Crippen molar-refractivity contribution in [2.45, 2.75) is 123 Å². The predicted molar refractivity (Wildman–Crippen MR) is 147 cm³/mol. The fourth-order valence-corrected chi connectivity index (χ4v) is 6.10. The zero-order valence-electron chi connectivity index (χ0n) is 23.3. The predicted octanol–water partition coefficient (Wildman–Crippen LogP) is 6.86. The molecule has 0 radical (unpaired) electrons. The van der Waals surface area contributed by atoms with Crippen molar-refractivity contribution in [3.8, 4) is 0 Å². The molecule has 35 heavy (non-hydrogen) atoms. The molecule has 2 fully saturated rings. The highest BCUT2D eigenvalue weighted by Crippen LogP contribution is 2.48. The molecular weight excluding hydrogens is 431 g/mol. The van der Waals surface area contributed by atoms with Crippen LogP contribution in [0.5, 0.6) is 0 Å². The molecule has 0 atom stereocenters. The molecule has 0 aromatic heterocycles. The monoisotopic (exact) mass is 476 g/mol. The van der Waals surface area contributed by atoms with Gasteiger partial charge in [0.2, 0.25) is 0 Å².